The lowest BCUT2D eigenvalue weighted by atomic mass is 10.1. The van der Waals surface area contributed by atoms with Gasteiger partial charge in [0.1, 0.15) is 0 Å². The SMILES string of the molecule is CCCCCCCNCCNC(C)=O. The molecule has 2 N–H and O–H groups in total. The average molecular weight is 200 g/mol. The highest BCUT2D eigenvalue weighted by Gasteiger charge is 1.91. The van der Waals surface area contributed by atoms with Crippen LogP contribution in [0.15, 0.2) is 0 Å². The van der Waals surface area contributed by atoms with Gasteiger partial charge in [0, 0.05) is 20.0 Å². The van der Waals surface area contributed by atoms with Gasteiger partial charge in [0.05, 0.1) is 0 Å². The number of carbonyl (C=O) groups excluding carboxylic acids is 1. The molecule has 0 aliphatic carbocycles. The number of rotatable bonds is 9. The molecule has 0 aliphatic heterocycles. The minimum absolute atomic E-state index is 0.0507. The van der Waals surface area contributed by atoms with Gasteiger partial charge in [-0.05, 0) is 13.0 Å². The number of carbonyl (C=O) groups is 1. The number of hydrogen-bond acceptors (Lipinski definition) is 2. The zero-order valence-corrected chi connectivity index (χ0v) is 9.57. The fraction of sp³-hybridized carbons (Fsp3) is 0.909. The van der Waals surface area contributed by atoms with Crippen molar-refractivity contribution in [3.05, 3.63) is 0 Å². The van der Waals surface area contributed by atoms with Crippen molar-refractivity contribution in [2.45, 2.75) is 46.0 Å². The summed E-state index contributed by atoms with van der Waals surface area (Å²) in [6.07, 6.45) is 6.58. The van der Waals surface area contributed by atoms with E-state index >= 15 is 0 Å². The van der Waals surface area contributed by atoms with Crippen LogP contribution in [0, 0.1) is 0 Å². The third-order valence-corrected chi connectivity index (χ3v) is 2.13. The zero-order valence-electron chi connectivity index (χ0n) is 9.57. The molecule has 0 unspecified atom stereocenters. The smallest absolute Gasteiger partial charge is 0.216 e. The van der Waals surface area contributed by atoms with Gasteiger partial charge >= 0.3 is 0 Å². The van der Waals surface area contributed by atoms with Crippen molar-refractivity contribution in [1.82, 2.24) is 10.6 Å². The topological polar surface area (TPSA) is 41.1 Å². The number of amides is 1. The third kappa shape index (κ3) is 11.4. The lowest BCUT2D eigenvalue weighted by molar-refractivity contribution is -0.118. The van der Waals surface area contributed by atoms with Crippen molar-refractivity contribution in [1.29, 1.82) is 0 Å². The van der Waals surface area contributed by atoms with Crippen molar-refractivity contribution in [3.8, 4) is 0 Å². The van der Waals surface area contributed by atoms with Crippen molar-refractivity contribution in [2.24, 2.45) is 0 Å². The second kappa shape index (κ2) is 10.5. The summed E-state index contributed by atoms with van der Waals surface area (Å²) in [6.45, 7) is 6.47. The Bertz CT molecular complexity index is 137. The fourth-order valence-electron chi connectivity index (χ4n) is 1.31. The van der Waals surface area contributed by atoms with Gasteiger partial charge in [0.2, 0.25) is 5.91 Å². The van der Waals surface area contributed by atoms with Crippen LogP contribution in [-0.4, -0.2) is 25.5 Å². The predicted octanol–water partition coefficient (Wildman–Crippen LogP) is 1.68. The molecule has 0 aliphatic rings. The molecule has 1 amide bonds. The maximum atomic E-state index is 10.5. The van der Waals surface area contributed by atoms with Crippen molar-refractivity contribution < 1.29 is 4.79 Å². The van der Waals surface area contributed by atoms with E-state index in [1.165, 1.54) is 32.1 Å². The number of nitrogens with one attached hydrogen (secondary N) is 2. The van der Waals surface area contributed by atoms with E-state index < -0.39 is 0 Å². The van der Waals surface area contributed by atoms with Crippen LogP contribution in [0.25, 0.3) is 0 Å². The molecule has 14 heavy (non-hydrogen) atoms. The van der Waals surface area contributed by atoms with Crippen LogP contribution in [-0.2, 0) is 4.79 Å². The second-order valence-electron chi connectivity index (χ2n) is 3.65. The third-order valence-electron chi connectivity index (χ3n) is 2.13. The second-order valence-corrected chi connectivity index (χ2v) is 3.65. The normalized spacial score (nSPS) is 10.1. The lowest BCUT2D eigenvalue weighted by Crippen LogP contribution is -2.30. The van der Waals surface area contributed by atoms with Crippen LogP contribution in [0.5, 0.6) is 0 Å². The summed E-state index contributed by atoms with van der Waals surface area (Å²) in [5.41, 5.74) is 0. The Kier molecular flexibility index (Phi) is 10.1. The molecule has 0 heterocycles. The molecule has 0 radical (unpaired) electrons. The molecule has 0 saturated carbocycles. The maximum Gasteiger partial charge on any atom is 0.216 e. The first-order valence-corrected chi connectivity index (χ1v) is 5.72. The summed E-state index contributed by atoms with van der Waals surface area (Å²) in [6, 6.07) is 0. The molecule has 0 aromatic heterocycles. The average Bonchev–Trinajstić information content (AvgIpc) is 2.15. The van der Waals surface area contributed by atoms with Crippen molar-refractivity contribution in [3.63, 3.8) is 0 Å². The molecule has 0 bridgehead atoms. The van der Waals surface area contributed by atoms with E-state index in [2.05, 4.69) is 17.6 Å². The first-order valence-electron chi connectivity index (χ1n) is 5.72. The highest BCUT2D eigenvalue weighted by atomic mass is 16.1. The first kappa shape index (κ1) is 13.4. The van der Waals surface area contributed by atoms with Crippen LogP contribution < -0.4 is 10.6 Å². The van der Waals surface area contributed by atoms with Crippen LogP contribution in [0.4, 0.5) is 0 Å². The number of unbranched alkanes of at least 4 members (excludes halogenated alkanes) is 4. The summed E-state index contributed by atoms with van der Waals surface area (Å²) < 4.78 is 0. The van der Waals surface area contributed by atoms with Gasteiger partial charge in [-0.25, -0.2) is 0 Å². The van der Waals surface area contributed by atoms with Gasteiger partial charge in [0.25, 0.3) is 0 Å². The Hall–Kier alpha value is -0.570. The van der Waals surface area contributed by atoms with Crippen LogP contribution in [0.2, 0.25) is 0 Å². The molecule has 3 heteroatoms. The highest BCUT2D eigenvalue weighted by Crippen LogP contribution is 2.00. The molecular formula is C11H24N2O. The molecule has 0 saturated heterocycles. The Balaban J connectivity index is 2.88. The predicted molar refractivity (Wildman–Crippen MR) is 60.3 cm³/mol. The quantitative estimate of drug-likeness (QED) is 0.556. The van der Waals surface area contributed by atoms with Crippen molar-refractivity contribution >= 4 is 5.91 Å². The molecular weight excluding hydrogens is 176 g/mol. The van der Waals surface area contributed by atoms with E-state index in [0.29, 0.717) is 0 Å². The van der Waals surface area contributed by atoms with Gasteiger partial charge in [-0.15, -0.1) is 0 Å². The Labute approximate surface area is 87.6 Å². The van der Waals surface area contributed by atoms with Gasteiger partial charge < -0.3 is 10.6 Å². The van der Waals surface area contributed by atoms with E-state index in [4.69, 9.17) is 0 Å². The largest absolute Gasteiger partial charge is 0.355 e. The Morgan fingerprint density at radius 1 is 1.00 bits per heavy atom. The van der Waals surface area contributed by atoms with Crippen LogP contribution in [0.1, 0.15) is 46.0 Å². The van der Waals surface area contributed by atoms with Gasteiger partial charge in [0.15, 0.2) is 0 Å². The molecule has 0 aromatic carbocycles. The minimum Gasteiger partial charge on any atom is -0.355 e. The highest BCUT2D eigenvalue weighted by molar-refractivity contribution is 5.72. The van der Waals surface area contributed by atoms with E-state index in [1.807, 2.05) is 0 Å². The molecule has 0 fully saturated rings. The van der Waals surface area contributed by atoms with Crippen LogP contribution in [0.3, 0.4) is 0 Å². The monoisotopic (exact) mass is 200 g/mol. The summed E-state index contributed by atoms with van der Waals surface area (Å²) in [4.78, 5) is 10.5. The van der Waals surface area contributed by atoms with E-state index in [9.17, 15) is 4.79 Å². The molecule has 3 nitrogen and oxygen atoms in total. The lowest BCUT2D eigenvalue weighted by Gasteiger charge is -2.04. The van der Waals surface area contributed by atoms with E-state index in [-0.39, 0.29) is 5.91 Å². The fourth-order valence-corrected chi connectivity index (χ4v) is 1.31. The van der Waals surface area contributed by atoms with Gasteiger partial charge in [-0.3, -0.25) is 4.79 Å². The summed E-state index contributed by atoms with van der Waals surface area (Å²) in [7, 11) is 0. The summed E-state index contributed by atoms with van der Waals surface area (Å²) in [5.74, 6) is 0.0507. The standard InChI is InChI=1S/C11H24N2O/c1-3-4-5-6-7-8-12-9-10-13-11(2)14/h12H,3-10H2,1-2H3,(H,13,14). The molecule has 84 valence electrons. The summed E-state index contributed by atoms with van der Waals surface area (Å²) in [5, 5.41) is 6.06. The van der Waals surface area contributed by atoms with Gasteiger partial charge in [-0.1, -0.05) is 32.6 Å². The van der Waals surface area contributed by atoms with E-state index in [0.717, 1.165) is 19.6 Å². The Morgan fingerprint density at radius 2 is 1.71 bits per heavy atom. The molecule has 0 spiro atoms. The molecule has 0 atom stereocenters. The van der Waals surface area contributed by atoms with Gasteiger partial charge in [-0.2, -0.15) is 0 Å². The molecule has 0 aromatic rings. The van der Waals surface area contributed by atoms with E-state index in [1.54, 1.807) is 6.92 Å². The van der Waals surface area contributed by atoms with Crippen molar-refractivity contribution in [2.75, 3.05) is 19.6 Å². The van der Waals surface area contributed by atoms with Crippen LogP contribution >= 0.6 is 0 Å². The molecule has 0 rings (SSSR count). The minimum atomic E-state index is 0.0507. The first-order chi connectivity index (χ1) is 6.77. The Morgan fingerprint density at radius 3 is 2.36 bits per heavy atom. The summed E-state index contributed by atoms with van der Waals surface area (Å²) >= 11 is 0. The number of hydrogen-bond donors (Lipinski definition) is 2. The maximum absolute atomic E-state index is 10.5. The zero-order chi connectivity index (χ0) is 10.6.